The number of pyridine rings is 1. The van der Waals surface area contributed by atoms with Gasteiger partial charge in [-0.15, -0.1) is 0 Å². The summed E-state index contributed by atoms with van der Waals surface area (Å²) < 4.78 is 0. The van der Waals surface area contributed by atoms with Gasteiger partial charge in [0.05, 0.1) is 0 Å². The molecule has 2 aromatic rings. The Hall–Kier alpha value is -1.87. The van der Waals surface area contributed by atoms with Gasteiger partial charge in [0.1, 0.15) is 5.82 Å². The summed E-state index contributed by atoms with van der Waals surface area (Å²) >= 11 is 0. The van der Waals surface area contributed by atoms with E-state index in [1.54, 1.807) is 0 Å². The Labute approximate surface area is 120 Å². The zero-order valence-electron chi connectivity index (χ0n) is 12.2. The molecule has 0 aliphatic carbocycles. The molecule has 3 heteroatoms. The molecule has 1 aromatic heterocycles. The van der Waals surface area contributed by atoms with Crippen LogP contribution in [0.2, 0.25) is 0 Å². The molecule has 3 rings (SSSR count). The number of para-hydroxylation sites is 1. The smallest absolute Gasteiger partial charge is 0.135 e. The average Bonchev–Trinajstić information content (AvgIpc) is 2.47. The first kappa shape index (κ1) is 13.1. The number of fused-ring (bicyclic) bond motifs is 1. The molecule has 1 aliphatic rings. The SMILES string of the molecule is CNCc1cnc(N2CCCc3ccccc32)c(C)c1. The van der Waals surface area contributed by atoms with Crippen molar-refractivity contribution in [2.24, 2.45) is 0 Å². The van der Waals surface area contributed by atoms with E-state index in [4.69, 9.17) is 4.98 Å². The van der Waals surface area contributed by atoms with Crippen LogP contribution in [0.15, 0.2) is 36.5 Å². The van der Waals surface area contributed by atoms with Crippen LogP contribution in [0.4, 0.5) is 11.5 Å². The summed E-state index contributed by atoms with van der Waals surface area (Å²) in [5.41, 5.74) is 5.23. The quantitative estimate of drug-likeness (QED) is 0.925. The molecule has 3 nitrogen and oxygen atoms in total. The molecule has 0 spiro atoms. The highest BCUT2D eigenvalue weighted by atomic mass is 15.2. The van der Waals surface area contributed by atoms with Gasteiger partial charge in [0.2, 0.25) is 0 Å². The van der Waals surface area contributed by atoms with Crippen molar-refractivity contribution in [1.29, 1.82) is 0 Å². The minimum absolute atomic E-state index is 0.866. The fourth-order valence-electron chi connectivity index (χ4n) is 2.96. The molecular formula is C17H21N3. The maximum Gasteiger partial charge on any atom is 0.135 e. The molecule has 0 bridgehead atoms. The monoisotopic (exact) mass is 267 g/mol. The second-order valence-corrected chi connectivity index (χ2v) is 5.40. The van der Waals surface area contributed by atoms with Gasteiger partial charge in [-0.3, -0.25) is 0 Å². The summed E-state index contributed by atoms with van der Waals surface area (Å²) in [7, 11) is 1.96. The van der Waals surface area contributed by atoms with Gasteiger partial charge in [-0.05, 0) is 55.6 Å². The van der Waals surface area contributed by atoms with Crippen molar-refractivity contribution in [1.82, 2.24) is 10.3 Å². The number of aryl methyl sites for hydroxylation is 2. The van der Waals surface area contributed by atoms with Gasteiger partial charge in [-0.1, -0.05) is 18.2 Å². The van der Waals surface area contributed by atoms with Crippen LogP contribution >= 0.6 is 0 Å². The number of nitrogens with zero attached hydrogens (tertiary/aromatic N) is 2. The lowest BCUT2D eigenvalue weighted by molar-refractivity contribution is 0.755. The summed E-state index contributed by atoms with van der Waals surface area (Å²) in [5.74, 6) is 1.09. The molecule has 0 saturated carbocycles. The largest absolute Gasteiger partial charge is 0.326 e. The molecule has 1 aromatic carbocycles. The fraction of sp³-hybridized carbons (Fsp3) is 0.353. The molecule has 0 radical (unpaired) electrons. The number of hydrogen-bond donors (Lipinski definition) is 1. The third-order valence-electron chi connectivity index (χ3n) is 3.85. The molecule has 104 valence electrons. The van der Waals surface area contributed by atoms with E-state index >= 15 is 0 Å². The van der Waals surface area contributed by atoms with Gasteiger partial charge in [0, 0.05) is 25.0 Å². The Morgan fingerprint density at radius 3 is 2.95 bits per heavy atom. The first-order chi connectivity index (χ1) is 9.79. The van der Waals surface area contributed by atoms with E-state index in [2.05, 4.69) is 47.5 Å². The van der Waals surface area contributed by atoms with Crippen molar-refractivity contribution in [3.63, 3.8) is 0 Å². The van der Waals surface area contributed by atoms with Gasteiger partial charge in [-0.25, -0.2) is 4.98 Å². The van der Waals surface area contributed by atoms with Crippen LogP contribution in [0.1, 0.15) is 23.1 Å². The standard InChI is InChI=1S/C17H21N3/c1-13-10-14(11-18-2)12-19-17(13)20-9-5-7-15-6-3-4-8-16(15)20/h3-4,6,8,10,12,18H,5,7,9,11H2,1-2H3. The van der Waals surface area contributed by atoms with E-state index in [-0.39, 0.29) is 0 Å². The van der Waals surface area contributed by atoms with Crippen LogP contribution in [0.25, 0.3) is 0 Å². The van der Waals surface area contributed by atoms with E-state index in [1.165, 1.54) is 35.2 Å². The Kier molecular flexibility index (Phi) is 3.70. The lowest BCUT2D eigenvalue weighted by atomic mass is 10.0. The lowest BCUT2D eigenvalue weighted by Gasteiger charge is -2.31. The Bertz CT molecular complexity index is 607. The highest BCUT2D eigenvalue weighted by molar-refractivity contribution is 5.67. The predicted molar refractivity (Wildman–Crippen MR) is 83.5 cm³/mol. The van der Waals surface area contributed by atoms with Crippen LogP contribution in [0, 0.1) is 6.92 Å². The summed E-state index contributed by atoms with van der Waals surface area (Å²) in [6, 6.07) is 10.9. The zero-order valence-corrected chi connectivity index (χ0v) is 12.2. The average molecular weight is 267 g/mol. The van der Waals surface area contributed by atoms with E-state index in [1.807, 2.05) is 13.2 Å². The summed E-state index contributed by atoms with van der Waals surface area (Å²) in [4.78, 5) is 7.06. The van der Waals surface area contributed by atoms with E-state index < -0.39 is 0 Å². The Morgan fingerprint density at radius 1 is 1.30 bits per heavy atom. The minimum Gasteiger partial charge on any atom is -0.326 e. The maximum absolute atomic E-state index is 4.71. The molecule has 0 fully saturated rings. The number of aromatic nitrogens is 1. The fourth-order valence-corrected chi connectivity index (χ4v) is 2.96. The molecule has 2 heterocycles. The number of rotatable bonds is 3. The first-order valence-corrected chi connectivity index (χ1v) is 7.25. The van der Waals surface area contributed by atoms with Crippen molar-refractivity contribution in [3.05, 3.63) is 53.2 Å². The topological polar surface area (TPSA) is 28.2 Å². The highest BCUT2D eigenvalue weighted by Gasteiger charge is 2.20. The second-order valence-electron chi connectivity index (χ2n) is 5.40. The van der Waals surface area contributed by atoms with Gasteiger partial charge in [-0.2, -0.15) is 0 Å². The van der Waals surface area contributed by atoms with Crippen LogP contribution in [-0.2, 0) is 13.0 Å². The van der Waals surface area contributed by atoms with Crippen LogP contribution in [-0.4, -0.2) is 18.6 Å². The van der Waals surface area contributed by atoms with E-state index in [0.29, 0.717) is 0 Å². The number of hydrogen-bond acceptors (Lipinski definition) is 3. The molecule has 1 N–H and O–H groups in total. The molecule has 1 aliphatic heterocycles. The van der Waals surface area contributed by atoms with Crippen molar-refractivity contribution in [3.8, 4) is 0 Å². The van der Waals surface area contributed by atoms with Crippen molar-refractivity contribution < 1.29 is 0 Å². The second kappa shape index (κ2) is 5.63. The third kappa shape index (κ3) is 2.41. The minimum atomic E-state index is 0.866. The molecule has 0 saturated heterocycles. The molecule has 0 amide bonds. The van der Waals surface area contributed by atoms with Crippen molar-refractivity contribution in [2.45, 2.75) is 26.3 Å². The first-order valence-electron chi connectivity index (χ1n) is 7.25. The van der Waals surface area contributed by atoms with Gasteiger partial charge in [0.15, 0.2) is 0 Å². The normalized spacial score (nSPS) is 14.2. The lowest BCUT2D eigenvalue weighted by Crippen LogP contribution is -2.26. The predicted octanol–water partition coefficient (Wildman–Crippen LogP) is 3.19. The van der Waals surface area contributed by atoms with Crippen molar-refractivity contribution in [2.75, 3.05) is 18.5 Å². The Balaban J connectivity index is 1.98. The molecular weight excluding hydrogens is 246 g/mol. The molecule has 0 atom stereocenters. The summed E-state index contributed by atoms with van der Waals surface area (Å²) in [6.07, 6.45) is 4.34. The van der Waals surface area contributed by atoms with Crippen LogP contribution < -0.4 is 10.2 Å². The summed E-state index contributed by atoms with van der Waals surface area (Å²) in [6.45, 7) is 4.07. The van der Waals surface area contributed by atoms with E-state index in [9.17, 15) is 0 Å². The number of nitrogens with one attached hydrogen (secondary N) is 1. The third-order valence-corrected chi connectivity index (χ3v) is 3.85. The summed E-state index contributed by atoms with van der Waals surface area (Å²) in [5, 5.41) is 3.17. The Morgan fingerprint density at radius 2 is 2.15 bits per heavy atom. The molecule has 20 heavy (non-hydrogen) atoms. The number of anilines is 2. The maximum atomic E-state index is 4.71. The van der Waals surface area contributed by atoms with Gasteiger partial charge >= 0.3 is 0 Å². The molecule has 0 unspecified atom stereocenters. The van der Waals surface area contributed by atoms with Crippen molar-refractivity contribution >= 4 is 11.5 Å². The van der Waals surface area contributed by atoms with Gasteiger partial charge in [0.25, 0.3) is 0 Å². The van der Waals surface area contributed by atoms with E-state index in [0.717, 1.165) is 18.9 Å². The zero-order chi connectivity index (χ0) is 13.9. The van der Waals surface area contributed by atoms with Gasteiger partial charge < -0.3 is 10.2 Å². The number of benzene rings is 1. The van der Waals surface area contributed by atoms with Crippen LogP contribution in [0.3, 0.4) is 0 Å². The van der Waals surface area contributed by atoms with Crippen LogP contribution in [0.5, 0.6) is 0 Å². The highest BCUT2D eigenvalue weighted by Crippen LogP contribution is 2.33.